The van der Waals surface area contributed by atoms with Crippen LogP contribution in [0, 0.1) is 6.92 Å². The first kappa shape index (κ1) is 9.11. The maximum Gasteiger partial charge on any atom is 0.178 e. The molecular weight excluding hydrogens is 180 g/mol. The van der Waals surface area contributed by atoms with E-state index in [1.807, 2.05) is 6.92 Å². The normalized spacial score (nSPS) is 13.4. The van der Waals surface area contributed by atoms with E-state index in [2.05, 4.69) is 15.0 Å². The summed E-state index contributed by atoms with van der Waals surface area (Å²) in [5, 5.41) is 8.97. The standard InChI is InChI=1S/C9H12N4O/c1-5-12-8-6(7(10)4-14)2-3-11-9(8)13-5/h2-3,7,14H,4,10H2,1H3,(H,11,12,13). The van der Waals surface area contributed by atoms with Crippen LogP contribution in [0.4, 0.5) is 0 Å². The summed E-state index contributed by atoms with van der Waals surface area (Å²) < 4.78 is 0. The highest BCUT2D eigenvalue weighted by Crippen LogP contribution is 2.18. The number of hydrogen-bond donors (Lipinski definition) is 3. The van der Waals surface area contributed by atoms with Gasteiger partial charge in [0.1, 0.15) is 5.82 Å². The highest BCUT2D eigenvalue weighted by molar-refractivity contribution is 5.75. The molecule has 0 spiro atoms. The van der Waals surface area contributed by atoms with Crippen LogP contribution in [-0.2, 0) is 0 Å². The molecule has 0 aliphatic heterocycles. The molecule has 0 saturated carbocycles. The maximum absolute atomic E-state index is 8.97. The fourth-order valence-electron chi connectivity index (χ4n) is 1.45. The monoisotopic (exact) mass is 192 g/mol. The number of H-pyrrole nitrogens is 1. The van der Waals surface area contributed by atoms with Crippen molar-refractivity contribution >= 4 is 11.2 Å². The van der Waals surface area contributed by atoms with Crippen molar-refractivity contribution in [1.82, 2.24) is 15.0 Å². The molecule has 0 fully saturated rings. The number of rotatable bonds is 2. The van der Waals surface area contributed by atoms with Crippen molar-refractivity contribution < 1.29 is 5.11 Å². The fraction of sp³-hybridized carbons (Fsp3) is 0.333. The van der Waals surface area contributed by atoms with Crippen LogP contribution in [0.15, 0.2) is 12.3 Å². The highest BCUT2D eigenvalue weighted by atomic mass is 16.3. The van der Waals surface area contributed by atoms with Crippen LogP contribution in [-0.4, -0.2) is 26.7 Å². The third-order valence-corrected chi connectivity index (χ3v) is 2.14. The van der Waals surface area contributed by atoms with Gasteiger partial charge in [-0.15, -0.1) is 0 Å². The molecule has 0 amide bonds. The number of aliphatic hydroxyl groups excluding tert-OH is 1. The second-order valence-corrected chi connectivity index (χ2v) is 3.21. The van der Waals surface area contributed by atoms with Gasteiger partial charge in [0.15, 0.2) is 5.65 Å². The van der Waals surface area contributed by atoms with E-state index >= 15 is 0 Å². The molecule has 2 heterocycles. The Morgan fingerprint density at radius 1 is 1.64 bits per heavy atom. The van der Waals surface area contributed by atoms with Crippen molar-refractivity contribution in [3.8, 4) is 0 Å². The van der Waals surface area contributed by atoms with Gasteiger partial charge in [-0.2, -0.15) is 0 Å². The zero-order valence-corrected chi connectivity index (χ0v) is 7.86. The van der Waals surface area contributed by atoms with Gasteiger partial charge >= 0.3 is 0 Å². The summed E-state index contributed by atoms with van der Waals surface area (Å²) in [6.07, 6.45) is 1.65. The highest BCUT2D eigenvalue weighted by Gasteiger charge is 2.11. The molecule has 0 aromatic carbocycles. The molecular formula is C9H12N4O. The molecule has 14 heavy (non-hydrogen) atoms. The van der Waals surface area contributed by atoms with Crippen LogP contribution in [0.3, 0.4) is 0 Å². The first-order valence-electron chi connectivity index (χ1n) is 4.40. The molecule has 0 bridgehead atoms. The van der Waals surface area contributed by atoms with Gasteiger partial charge in [0, 0.05) is 11.8 Å². The molecule has 5 heteroatoms. The summed E-state index contributed by atoms with van der Waals surface area (Å²) in [5.41, 5.74) is 8.04. The number of fused-ring (bicyclic) bond motifs is 1. The summed E-state index contributed by atoms with van der Waals surface area (Å²) in [6.45, 7) is 1.77. The largest absolute Gasteiger partial charge is 0.394 e. The number of aryl methyl sites for hydroxylation is 1. The van der Waals surface area contributed by atoms with Crippen LogP contribution < -0.4 is 5.73 Å². The molecule has 2 aromatic heterocycles. The fourth-order valence-corrected chi connectivity index (χ4v) is 1.45. The number of aromatic amines is 1. The Labute approximate surface area is 81.0 Å². The second-order valence-electron chi connectivity index (χ2n) is 3.21. The summed E-state index contributed by atoms with van der Waals surface area (Å²) >= 11 is 0. The van der Waals surface area contributed by atoms with Gasteiger partial charge in [-0.3, -0.25) is 0 Å². The third-order valence-electron chi connectivity index (χ3n) is 2.14. The molecule has 1 atom stereocenters. The van der Waals surface area contributed by atoms with E-state index in [0.717, 1.165) is 16.9 Å². The average molecular weight is 192 g/mol. The van der Waals surface area contributed by atoms with Gasteiger partial charge < -0.3 is 15.8 Å². The third kappa shape index (κ3) is 1.36. The maximum atomic E-state index is 8.97. The lowest BCUT2D eigenvalue weighted by Gasteiger charge is -2.08. The Morgan fingerprint density at radius 2 is 2.43 bits per heavy atom. The number of hydrogen-bond acceptors (Lipinski definition) is 4. The van der Waals surface area contributed by atoms with Crippen LogP contribution >= 0.6 is 0 Å². The number of aliphatic hydroxyl groups is 1. The number of nitrogens with two attached hydrogens (primary N) is 1. The Bertz CT molecular complexity index is 451. The summed E-state index contributed by atoms with van der Waals surface area (Å²) in [4.78, 5) is 11.4. The number of pyridine rings is 1. The topological polar surface area (TPSA) is 87.8 Å². The van der Waals surface area contributed by atoms with Crippen molar-refractivity contribution in [3.63, 3.8) is 0 Å². The molecule has 0 radical (unpaired) electrons. The van der Waals surface area contributed by atoms with Gasteiger partial charge in [0.2, 0.25) is 0 Å². The zero-order chi connectivity index (χ0) is 10.1. The first-order chi connectivity index (χ1) is 6.72. The lowest BCUT2D eigenvalue weighted by Crippen LogP contribution is -2.15. The van der Waals surface area contributed by atoms with Gasteiger partial charge in [-0.25, -0.2) is 9.97 Å². The molecule has 2 aromatic rings. The van der Waals surface area contributed by atoms with Gasteiger partial charge in [0.25, 0.3) is 0 Å². The number of nitrogens with one attached hydrogen (secondary N) is 1. The predicted molar refractivity (Wildman–Crippen MR) is 52.6 cm³/mol. The summed E-state index contributed by atoms with van der Waals surface area (Å²) in [5.74, 6) is 0.796. The molecule has 0 aliphatic rings. The number of imidazole rings is 1. The summed E-state index contributed by atoms with van der Waals surface area (Å²) in [6, 6.07) is 1.40. The molecule has 0 saturated heterocycles. The quantitative estimate of drug-likeness (QED) is 0.636. The van der Waals surface area contributed by atoms with Crippen LogP contribution in [0.2, 0.25) is 0 Å². The Kier molecular flexibility index (Phi) is 2.18. The van der Waals surface area contributed by atoms with Crippen LogP contribution in [0.25, 0.3) is 11.2 Å². The van der Waals surface area contributed by atoms with E-state index in [4.69, 9.17) is 10.8 Å². The smallest absolute Gasteiger partial charge is 0.178 e. The van der Waals surface area contributed by atoms with Crippen molar-refractivity contribution in [1.29, 1.82) is 0 Å². The van der Waals surface area contributed by atoms with E-state index in [-0.39, 0.29) is 12.6 Å². The number of nitrogens with zero attached hydrogens (tertiary/aromatic N) is 2. The van der Waals surface area contributed by atoms with E-state index in [9.17, 15) is 0 Å². The minimum absolute atomic E-state index is 0.0861. The van der Waals surface area contributed by atoms with Gasteiger partial charge in [0.05, 0.1) is 18.2 Å². The Hall–Kier alpha value is -1.46. The van der Waals surface area contributed by atoms with Crippen molar-refractivity contribution in [2.75, 3.05) is 6.61 Å². The average Bonchev–Trinajstić information content (AvgIpc) is 2.56. The summed E-state index contributed by atoms with van der Waals surface area (Å²) in [7, 11) is 0. The van der Waals surface area contributed by atoms with Crippen molar-refractivity contribution in [3.05, 3.63) is 23.7 Å². The van der Waals surface area contributed by atoms with Crippen LogP contribution in [0.5, 0.6) is 0 Å². The minimum atomic E-state index is -0.389. The lowest BCUT2D eigenvalue weighted by atomic mass is 10.1. The van der Waals surface area contributed by atoms with Gasteiger partial charge in [-0.1, -0.05) is 0 Å². The zero-order valence-electron chi connectivity index (χ0n) is 7.86. The molecule has 5 nitrogen and oxygen atoms in total. The molecule has 2 rings (SSSR count). The molecule has 4 N–H and O–H groups in total. The molecule has 0 aliphatic carbocycles. The molecule has 1 unspecified atom stereocenters. The first-order valence-corrected chi connectivity index (χ1v) is 4.40. The lowest BCUT2D eigenvalue weighted by molar-refractivity contribution is 0.268. The van der Waals surface area contributed by atoms with E-state index in [1.165, 1.54) is 0 Å². The van der Waals surface area contributed by atoms with Gasteiger partial charge in [-0.05, 0) is 13.0 Å². The van der Waals surface area contributed by atoms with Crippen molar-refractivity contribution in [2.24, 2.45) is 5.73 Å². The minimum Gasteiger partial charge on any atom is -0.394 e. The number of aromatic nitrogens is 3. The SMILES string of the molecule is Cc1nc2nccc(C(N)CO)c2[nH]1. The molecule has 74 valence electrons. The Balaban J connectivity index is 2.64. The van der Waals surface area contributed by atoms with E-state index in [0.29, 0.717) is 5.65 Å². The Morgan fingerprint density at radius 3 is 3.14 bits per heavy atom. The van der Waals surface area contributed by atoms with Crippen LogP contribution in [0.1, 0.15) is 17.4 Å². The van der Waals surface area contributed by atoms with E-state index < -0.39 is 0 Å². The predicted octanol–water partition coefficient (Wildman–Crippen LogP) is 0.258. The second kappa shape index (κ2) is 3.36. The van der Waals surface area contributed by atoms with Crippen molar-refractivity contribution in [2.45, 2.75) is 13.0 Å². The van der Waals surface area contributed by atoms with E-state index in [1.54, 1.807) is 12.3 Å².